The third kappa shape index (κ3) is 4.13. The molecule has 0 radical (unpaired) electrons. The number of aryl methyl sites for hydroxylation is 1. The van der Waals surface area contributed by atoms with E-state index in [-0.39, 0.29) is 11.6 Å². The van der Waals surface area contributed by atoms with Crippen LogP contribution in [0.2, 0.25) is 0 Å². The zero-order valence-corrected chi connectivity index (χ0v) is 17.3. The maximum Gasteiger partial charge on any atom is 0.268 e. The van der Waals surface area contributed by atoms with Gasteiger partial charge in [-0.15, -0.1) is 5.10 Å². The van der Waals surface area contributed by atoms with E-state index < -0.39 is 0 Å². The van der Waals surface area contributed by atoms with Crippen LogP contribution < -0.4 is 10.3 Å². The van der Waals surface area contributed by atoms with Crippen molar-refractivity contribution in [2.24, 2.45) is 0 Å². The predicted octanol–water partition coefficient (Wildman–Crippen LogP) is 4.30. The number of aromatic amines is 1. The fraction of sp³-hybridized carbons (Fsp3) is 0.292. The summed E-state index contributed by atoms with van der Waals surface area (Å²) < 4.78 is 7.10. The highest BCUT2D eigenvalue weighted by molar-refractivity contribution is 5.79. The summed E-state index contributed by atoms with van der Waals surface area (Å²) in [6, 6.07) is 20.5. The minimum Gasteiger partial charge on any atom is -0.479 e. The fourth-order valence-electron chi connectivity index (χ4n) is 3.89. The van der Waals surface area contributed by atoms with Gasteiger partial charge < -0.3 is 4.74 Å². The molecule has 1 N–H and O–H groups in total. The molecule has 6 heteroatoms. The van der Waals surface area contributed by atoms with Crippen LogP contribution in [0, 0.1) is 0 Å². The molecule has 154 valence electrons. The number of fused-ring (bicyclic) bond motifs is 1. The molecule has 1 unspecified atom stereocenters. The van der Waals surface area contributed by atoms with E-state index in [1.807, 2.05) is 41.0 Å². The van der Waals surface area contributed by atoms with Gasteiger partial charge in [-0.1, -0.05) is 60.7 Å². The molecule has 0 saturated heterocycles. The van der Waals surface area contributed by atoms with Crippen LogP contribution in [0.3, 0.4) is 0 Å². The van der Waals surface area contributed by atoms with E-state index in [1.165, 1.54) is 12.7 Å². The minimum atomic E-state index is -0.108. The molecule has 1 atom stereocenters. The average Bonchev–Trinajstić information content (AvgIpc) is 3.18. The van der Waals surface area contributed by atoms with Gasteiger partial charge in [-0.05, 0) is 37.3 Å². The summed E-state index contributed by atoms with van der Waals surface area (Å²) in [6.45, 7) is 2.08. The minimum absolute atomic E-state index is 0.0106. The molecular formula is C24H26N4O2. The highest BCUT2D eigenvalue weighted by Crippen LogP contribution is 2.22. The van der Waals surface area contributed by atoms with E-state index in [9.17, 15) is 4.79 Å². The maximum atomic E-state index is 13.4. The molecule has 0 aliphatic heterocycles. The van der Waals surface area contributed by atoms with Gasteiger partial charge in [0.2, 0.25) is 5.88 Å². The second-order valence-corrected chi connectivity index (χ2v) is 7.55. The first-order chi connectivity index (χ1) is 14.7. The highest BCUT2D eigenvalue weighted by Gasteiger charge is 2.21. The zero-order chi connectivity index (χ0) is 20.9. The second-order valence-electron chi connectivity index (χ2n) is 7.55. The van der Waals surface area contributed by atoms with Gasteiger partial charge in [0.1, 0.15) is 11.2 Å². The van der Waals surface area contributed by atoms with Crippen molar-refractivity contribution in [3.05, 3.63) is 88.0 Å². The Morgan fingerprint density at radius 2 is 1.70 bits per heavy atom. The number of hydrogen-bond acceptors (Lipinski definition) is 4. The van der Waals surface area contributed by atoms with E-state index in [0.29, 0.717) is 23.3 Å². The summed E-state index contributed by atoms with van der Waals surface area (Å²) in [6.07, 6.45) is 3.43. The topological polar surface area (TPSA) is 72.8 Å². The predicted molar refractivity (Wildman–Crippen MR) is 118 cm³/mol. The molecule has 0 amide bonds. The molecule has 4 aromatic rings. The van der Waals surface area contributed by atoms with Crippen LogP contribution in [0.5, 0.6) is 5.88 Å². The summed E-state index contributed by atoms with van der Waals surface area (Å²) in [5, 5.41) is 7.35. The molecule has 30 heavy (non-hydrogen) atoms. The molecule has 2 heterocycles. The van der Waals surface area contributed by atoms with Crippen LogP contribution in [0.15, 0.2) is 65.5 Å². The van der Waals surface area contributed by atoms with Crippen LogP contribution in [-0.4, -0.2) is 26.9 Å². The first-order valence-corrected chi connectivity index (χ1v) is 10.3. The van der Waals surface area contributed by atoms with Crippen molar-refractivity contribution in [3.8, 4) is 5.88 Å². The number of nitrogens with one attached hydrogen (secondary N) is 1. The molecule has 0 bridgehead atoms. The molecule has 0 spiro atoms. The molecular weight excluding hydrogens is 376 g/mol. The fourth-order valence-corrected chi connectivity index (χ4v) is 3.89. The van der Waals surface area contributed by atoms with E-state index in [0.717, 1.165) is 30.7 Å². The quantitative estimate of drug-likeness (QED) is 0.477. The Labute approximate surface area is 175 Å². The van der Waals surface area contributed by atoms with Crippen molar-refractivity contribution >= 4 is 11.0 Å². The van der Waals surface area contributed by atoms with Gasteiger partial charge >= 0.3 is 0 Å². The lowest BCUT2D eigenvalue weighted by atomic mass is 10.0. The molecule has 6 nitrogen and oxygen atoms in total. The van der Waals surface area contributed by atoms with Gasteiger partial charge in [0.25, 0.3) is 5.56 Å². The Kier molecular flexibility index (Phi) is 5.93. The van der Waals surface area contributed by atoms with Crippen LogP contribution in [0.1, 0.15) is 42.8 Å². The van der Waals surface area contributed by atoms with Crippen LogP contribution in [0.4, 0.5) is 0 Å². The molecule has 0 saturated carbocycles. The molecule has 0 aliphatic rings. The number of benzene rings is 2. The summed E-state index contributed by atoms with van der Waals surface area (Å²) in [7, 11) is 1.51. The van der Waals surface area contributed by atoms with Crippen molar-refractivity contribution < 1.29 is 4.74 Å². The smallest absolute Gasteiger partial charge is 0.268 e. The van der Waals surface area contributed by atoms with Crippen molar-refractivity contribution in [2.75, 3.05) is 7.11 Å². The lowest BCUT2D eigenvalue weighted by Crippen LogP contribution is -2.28. The summed E-state index contributed by atoms with van der Waals surface area (Å²) in [4.78, 5) is 18.2. The van der Waals surface area contributed by atoms with Crippen LogP contribution in [-0.2, 0) is 12.8 Å². The van der Waals surface area contributed by atoms with Gasteiger partial charge in [-0.25, -0.2) is 4.98 Å². The summed E-state index contributed by atoms with van der Waals surface area (Å²) in [5.41, 5.74) is 2.78. The first-order valence-electron chi connectivity index (χ1n) is 10.3. The lowest BCUT2D eigenvalue weighted by molar-refractivity contribution is 0.400. The molecule has 4 rings (SSSR count). The maximum absolute atomic E-state index is 13.4. The van der Waals surface area contributed by atoms with E-state index in [2.05, 4.69) is 41.4 Å². The Balaban J connectivity index is 1.66. The van der Waals surface area contributed by atoms with Gasteiger partial charge in [0, 0.05) is 12.5 Å². The number of nitrogens with zero attached hydrogens (tertiary/aromatic N) is 3. The molecule has 2 aromatic heterocycles. The van der Waals surface area contributed by atoms with Crippen LogP contribution in [0.25, 0.3) is 11.0 Å². The lowest BCUT2D eigenvalue weighted by Gasteiger charge is -2.19. The number of aromatic nitrogens is 4. The van der Waals surface area contributed by atoms with Crippen molar-refractivity contribution in [3.63, 3.8) is 0 Å². The van der Waals surface area contributed by atoms with Gasteiger partial charge in [-0.3, -0.25) is 14.5 Å². The third-order valence-corrected chi connectivity index (χ3v) is 5.43. The number of ether oxygens (including phenoxy) is 1. The largest absolute Gasteiger partial charge is 0.479 e. The monoisotopic (exact) mass is 402 g/mol. The van der Waals surface area contributed by atoms with E-state index in [1.54, 1.807) is 0 Å². The Morgan fingerprint density at radius 3 is 2.37 bits per heavy atom. The van der Waals surface area contributed by atoms with Crippen molar-refractivity contribution in [2.45, 2.75) is 38.6 Å². The van der Waals surface area contributed by atoms with E-state index in [4.69, 9.17) is 9.72 Å². The zero-order valence-electron chi connectivity index (χ0n) is 17.3. The Bertz CT molecular complexity index is 1170. The SMILES string of the molecule is COc1n[nH]c2nc(Cc3ccccc3)n(C(C)CCCc3ccccc3)c(=O)c12. The van der Waals surface area contributed by atoms with E-state index >= 15 is 0 Å². The normalized spacial score (nSPS) is 12.2. The van der Waals surface area contributed by atoms with Gasteiger partial charge in [0.15, 0.2) is 5.65 Å². The standard InChI is InChI=1S/C24H26N4O2/c1-17(10-9-15-18-11-5-3-6-12-18)28-20(16-19-13-7-4-8-14-19)25-22-21(24(28)29)23(30-2)27-26-22/h3-8,11-14,17H,9-10,15-16H2,1-2H3,(H,26,27). The summed E-state index contributed by atoms with van der Waals surface area (Å²) in [5.74, 6) is 1.02. The third-order valence-electron chi connectivity index (χ3n) is 5.43. The summed E-state index contributed by atoms with van der Waals surface area (Å²) >= 11 is 0. The average molecular weight is 402 g/mol. The Hall–Kier alpha value is -3.41. The molecule has 0 aliphatic carbocycles. The number of rotatable bonds is 8. The number of hydrogen-bond donors (Lipinski definition) is 1. The molecule has 2 aromatic carbocycles. The van der Waals surface area contributed by atoms with Gasteiger partial charge in [-0.2, -0.15) is 0 Å². The number of H-pyrrole nitrogens is 1. The van der Waals surface area contributed by atoms with Crippen molar-refractivity contribution in [1.82, 2.24) is 19.7 Å². The van der Waals surface area contributed by atoms with Gasteiger partial charge in [0.05, 0.1) is 7.11 Å². The number of methoxy groups -OCH3 is 1. The molecule has 0 fully saturated rings. The van der Waals surface area contributed by atoms with Crippen LogP contribution >= 0.6 is 0 Å². The second kappa shape index (κ2) is 8.95. The van der Waals surface area contributed by atoms with Crippen molar-refractivity contribution in [1.29, 1.82) is 0 Å². The highest BCUT2D eigenvalue weighted by atomic mass is 16.5. The first kappa shape index (κ1) is 19.9. The Morgan fingerprint density at radius 1 is 1.03 bits per heavy atom.